The molecule has 0 aliphatic rings. The van der Waals surface area contributed by atoms with Gasteiger partial charge in [-0.1, -0.05) is 42.5 Å². The summed E-state index contributed by atoms with van der Waals surface area (Å²) in [5.41, 5.74) is 2.23. The summed E-state index contributed by atoms with van der Waals surface area (Å²) >= 11 is 1.68. The quantitative estimate of drug-likeness (QED) is 0.697. The second-order valence-electron chi connectivity index (χ2n) is 4.10. The first-order valence-electron chi connectivity index (χ1n) is 6.03. The van der Waals surface area contributed by atoms with Crippen LogP contribution in [0.1, 0.15) is 0 Å². The van der Waals surface area contributed by atoms with Gasteiger partial charge in [0.15, 0.2) is 0 Å². The largest absolute Gasteiger partial charge is 0.496 e. The number of rotatable bonds is 3. The van der Waals surface area contributed by atoms with Crippen molar-refractivity contribution < 1.29 is 4.74 Å². The molecule has 0 radical (unpaired) electrons. The Morgan fingerprint density at radius 3 is 2.47 bits per heavy atom. The summed E-state index contributed by atoms with van der Waals surface area (Å²) in [6.07, 6.45) is 1.91. The maximum Gasteiger partial charge on any atom is 0.127 e. The highest BCUT2D eigenvalue weighted by Gasteiger charge is 2.09. The Balaban J connectivity index is 2.02. The molecule has 0 saturated carbocycles. The third-order valence-electron chi connectivity index (χ3n) is 2.90. The second kappa shape index (κ2) is 5.24. The van der Waals surface area contributed by atoms with Crippen molar-refractivity contribution >= 4 is 11.3 Å². The van der Waals surface area contributed by atoms with Gasteiger partial charge in [-0.3, -0.25) is 0 Å². The summed E-state index contributed by atoms with van der Waals surface area (Å²) < 4.78 is 5.39. The third kappa shape index (κ3) is 2.37. The van der Waals surface area contributed by atoms with Gasteiger partial charge < -0.3 is 4.74 Å². The lowest BCUT2D eigenvalue weighted by Crippen LogP contribution is -1.84. The minimum Gasteiger partial charge on any atom is -0.496 e. The van der Waals surface area contributed by atoms with Gasteiger partial charge in [0.25, 0.3) is 0 Å². The minimum absolute atomic E-state index is 0.880. The smallest absolute Gasteiger partial charge is 0.127 e. The highest BCUT2D eigenvalue weighted by atomic mass is 32.1. The van der Waals surface area contributed by atoms with Crippen LogP contribution in [0.5, 0.6) is 5.75 Å². The molecule has 0 aliphatic heterocycles. The van der Waals surface area contributed by atoms with Gasteiger partial charge in [-0.05, 0) is 12.1 Å². The molecule has 94 valence electrons. The van der Waals surface area contributed by atoms with E-state index in [2.05, 4.69) is 23.2 Å². The Labute approximate surface area is 116 Å². The average molecular weight is 267 g/mol. The van der Waals surface area contributed by atoms with Crippen LogP contribution in [-0.2, 0) is 0 Å². The molecule has 0 bridgehead atoms. The van der Waals surface area contributed by atoms with Gasteiger partial charge in [-0.2, -0.15) is 0 Å². The Morgan fingerprint density at radius 2 is 1.68 bits per heavy atom. The van der Waals surface area contributed by atoms with Crippen LogP contribution < -0.4 is 4.74 Å². The summed E-state index contributed by atoms with van der Waals surface area (Å²) in [7, 11) is 1.69. The van der Waals surface area contributed by atoms with Crippen molar-refractivity contribution in [3.05, 3.63) is 60.8 Å². The number of hydrogen-bond donors (Lipinski definition) is 0. The normalized spacial score (nSPS) is 10.4. The SMILES string of the molecule is COc1ccccc1-c1cnc(-c2ccccc2)s1. The maximum absolute atomic E-state index is 5.39. The van der Waals surface area contributed by atoms with E-state index in [-0.39, 0.29) is 0 Å². The van der Waals surface area contributed by atoms with Crippen molar-refractivity contribution in [1.82, 2.24) is 4.98 Å². The van der Waals surface area contributed by atoms with E-state index in [0.29, 0.717) is 0 Å². The number of para-hydroxylation sites is 1. The summed E-state index contributed by atoms with van der Waals surface area (Å²) in [6.45, 7) is 0. The van der Waals surface area contributed by atoms with Crippen molar-refractivity contribution in [3.63, 3.8) is 0 Å². The van der Waals surface area contributed by atoms with Crippen LogP contribution in [0.4, 0.5) is 0 Å². The highest BCUT2D eigenvalue weighted by Crippen LogP contribution is 2.36. The van der Waals surface area contributed by atoms with Crippen LogP contribution in [0, 0.1) is 0 Å². The van der Waals surface area contributed by atoms with Crippen LogP contribution >= 0.6 is 11.3 Å². The first-order valence-corrected chi connectivity index (χ1v) is 6.85. The molecule has 0 spiro atoms. The maximum atomic E-state index is 5.39. The van der Waals surface area contributed by atoms with Crippen molar-refractivity contribution in [2.24, 2.45) is 0 Å². The zero-order valence-electron chi connectivity index (χ0n) is 10.5. The molecule has 1 heterocycles. The van der Waals surface area contributed by atoms with Crippen molar-refractivity contribution in [1.29, 1.82) is 0 Å². The summed E-state index contributed by atoms with van der Waals surface area (Å²) in [5, 5.41) is 1.03. The molecule has 19 heavy (non-hydrogen) atoms. The van der Waals surface area contributed by atoms with E-state index in [0.717, 1.165) is 26.8 Å². The third-order valence-corrected chi connectivity index (χ3v) is 3.98. The predicted molar refractivity (Wildman–Crippen MR) is 79.5 cm³/mol. The molecule has 3 rings (SSSR count). The van der Waals surface area contributed by atoms with Gasteiger partial charge in [-0.15, -0.1) is 11.3 Å². The second-order valence-corrected chi connectivity index (χ2v) is 5.13. The van der Waals surface area contributed by atoms with Gasteiger partial charge in [0.2, 0.25) is 0 Å². The zero-order chi connectivity index (χ0) is 13.1. The molecule has 3 heteroatoms. The van der Waals surface area contributed by atoms with Crippen LogP contribution in [0.2, 0.25) is 0 Å². The molecule has 0 saturated heterocycles. The molecule has 3 aromatic rings. The summed E-state index contributed by atoms with van der Waals surface area (Å²) in [4.78, 5) is 5.62. The lowest BCUT2D eigenvalue weighted by atomic mass is 10.2. The fourth-order valence-electron chi connectivity index (χ4n) is 1.96. The molecule has 0 amide bonds. The monoisotopic (exact) mass is 267 g/mol. The molecular formula is C16H13NOS. The number of hydrogen-bond acceptors (Lipinski definition) is 3. The molecule has 0 unspecified atom stereocenters. The molecule has 0 N–H and O–H groups in total. The number of aromatic nitrogens is 1. The standard InChI is InChI=1S/C16H13NOS/c1-18-14-10-6-5-9-13(14)15-11-17-16(19-15)12-7-3-2-4-8-12/h2-11H,1H3. The lowest BCUT2D eigenvalue weighted by molar-refractivity contribution is 0.416. The first-order chi connectivity index (χ1) is 9.38. The molecule has 2 nitrogen and oxygen atoms in total. The van der Waals surface area contributed by atoms with Gasteiger partial charge in [0, 0.05) is 17.3 Å². The average Bonchev–Trinajstić information content (AvgIpc) is 2.98. The molecular weight excluding hydrogens is 254 g/mol. The van der Waals surface area contributed by atoms with Crippen LogP contribution in [-0.4, -0.2) is 12.1 Å². The Bertz CT molecular complexity index is 676. The van der Waals surface area contributed by atoms with Crippen LogP contribution in [0.25, 0.3) is 21.0 Å². The van der Waals surface area contributed by atoms with E-state index in [1.54, 1.807) is 18.4 Å². The van der Waals surface area contributed by atoms with E-state index in [4.69, 9.17) is 4.74 Å². The van der Waals surface area contributed by atoms with Crippen molar-refractivity contribution in [2.45, 2.75) is 0 Å². The zero-order valence-corrected chi connectivity index (χ0v) is 11.4. The van der Waals surface area contributed by atoms with Crippen LogP contribution in [0.15, 0.2) is 60.8 Å². The molecule has 1 aromatic heterocycles. The van der Waals surface area contributed by atoms with Crippen LogP contribution in [0.3, 0.4) is 0 Å². The Kier molecular flexibility index (Phi) is 3.29. The molecule has 2 aromatic carbocycles. The van der Waals surface area contributed by atoms with Gasteiger partial charge >= 0.3 is 0 Å². The van der Waals surface area contributed by atoms with E-state index >= 15 is 0 Å². The van der Waals surface area contributed by atoms with Gasteiger partial charge in [0.05, 0.1) is 12.0 Å². The molecule has 0 fully saturated rings. The van der Waals surface area contributed by atoms with E-state index in [1.165, 1.54) is 0 Å². The topological polar surface area (TPSA) is 22.1 Å². The minimum atomic E-state index is 0.880. The predicted octanol–water partition coefficient (Wildman–Crippen LogP) is 4.49. The highest BCUT2D eigenvalue weighted by molar-refractivity contribution is 7.18. The van der Waals surface area contributed by atoms with E-state index < -0.39 is 0 Å². The van der Waals surface area contributed by atoms with Crippen molar-refractivity contribution in [2.75, 3.05) is 7.11 Å². The Hall–Kier alpha value is -2.13. The number of thiazole rings is 1. The summed E-state index contributed by atoms with van der Waals surface area (Å²) in [5.74, 6) is 0.880. The number of nitrogens with zero attached hydrogens (tertiary/aromatic N) is 1. The molecule has 0 atom stereocenters. The van der Waals surface area contributed by atoms with Gasteiger partial charge in [-0.25, -0.2) is 4.98 Å². The van der Waals surface area contributed by atoms with Gasteiger partial charge in [0.1, 0.15) is 10.8 Å². The fraction of sp³-hybridized carbons (Fsp3) is 0.0625. The number of benzene rings is 2. The Morgan fingerprint density at radius 1 is 0.947 bits per heavy atom. The van der Waals surface area contributed by atoms with Crippen molar-refractivity contribution in [3.8, 4) is 26.8 Å². The van der Waals surface area contributed by atoms with E-state index in [9.17, 15) is 0 Å². The first kappa shape index (κ1) is 11.9. The fourth-order valence-corrected chi connectivity index (χ4v) is 2.91. The lowest BCUT2D eigenvalue weighted by Gasteiger charge is -2.04. The van der Waals surface area contributed by atoms with E-state index in [1.807, 2.05) is 42.6 Å². The molecule has 0 aliphatic carbocycles. The number of methoxy groups -OCH3 is 1. The number of ether oxygens (including phenoxy) is 1. The summed E-state index contributed by atoms with van der Waals surface area (Å²) in [6, 6.07) is 18.2.